The zero-order valence-corrected chi connectivity index (χ0v) is 17.8. The molecule has 1 amide bonds. The van der Waals surface area contributed by atoms with Gasteiger partial charge >= 0.3 is 0 Å². The van der Waals surface area contributed by atoms with E-state index in [-0.39, 0.29) is 5.91 Å². The molecule has 2 aromatic heterocycles. The Morgan fingerprint density at radius 3 is 2.70 bits per heavy atom. The molecule has 0 atom stereocenters. The number of thiazole rings is 1. The summed E-state index contributed by atoms with van der Waals surface area (Å²) in [7, 11) is 3.20. The Bertz CT molecular complexity index is 1240. The van der Waals surface area contributed by atoms with Gasteiger partial charge in [-0.1, -0.05) is 18.2 Å². The summed E-state index contributed by atoms with van der Waals surface area (Å²) in [6, 6.07) is 14.9. The van der Waals surface area contributed by atoms with Crippen LogP contribution in [0.5, 0.6) is 11.5 Å². The Kier molecular flexibility index (Phi) is 5.64. The van der Waals surface area contributed by atoms with E-state index in [4.69, 9.17) is 21.7 Å². The Balaban J connectivity index is 1.62. The minimum atomic E-state index is -0.315. The van der Waals surface area contributed by atoms with E-state index in [1.54, 1.807) is 25.0 Å². The summed E-state index contributed by atoms with van der Waals surface area (Å²) in [4.78, 5) is 20.4. The van der Waals surface area contributed by atoms with Gasteiger partial charge in [0.25, 0.3) is 5.91 Å². The minimum absolute atomic E-state index is 0.315. The second-order valence-corrected chi connectivity index (χ2v) is 7.45. The van der Waals surface area contributed by atoms with Gasteiger partial charge in [0, 0.05) is 22.8 Å². The molecule has 2 N–H and O–H groups in total. The van der Waals surface area contributed by atoms with Crippen molar-refractivity contribution in [1.29, 1.82) is 0 Å². The van der Waals surface area contributed by atoms with E-state index in [9.17, 15) is 4.79 Å². The van der Waals surface area contributed by atoms with E-state index in [1.807, 2.05) is 53.9 Å². The molecule has 2 aromatic carbocycles. The van der Waals surface area contributed by atoms with Gasteiger partial charge in [-0.2, -0.15) is 0 Å². The number of H-pyrrole nitrogens is 1. The normalized spacial score (nSPS) is 10.6. The SMILES string of the molecule is COc1ccc(OC)c(-c2csc(NC(=O)c3c[nH]c(=S)n3-c3ccccc3)n2)c1. The fraction of sp³-hybridized carbons (Fsp3) is 0.0952. The van der Waals surface area contributed by atoms with E-state index in [0.717, 1.165) is 11.3 Å². The molecule has 7 nitrogen and oxygen atoms in total. The number of nitrogens with one attached hydrogen (secondary N) is 2. The number of anilines is 1. The number of ether oxygens (including phenoxy) is 2. The molecule has 2 heterocycles. The Morgan fingerprint density at radius 2 is 1.97 bits per heavy atom. The van der Waals surface area contributed by atoms with E-state index in [2.05, 4.69) is 15.3 Å². The number of nitrogens with zero attached hydrogens (tertiary/aromatic N) is 2. The first-order chi connectivity index (χ1) is 14.6. The zero-order chi connectivity index (χ0) is 21.1. The van der Waals surface area contributed by atoms with Crippen molar-refractivity contribution in [3.05, 3.63) is 70.6 Å². The number of amides is 1. The van der Waals surface area contributed by atoms with Gasteiger partial charge in [-0.15, -0.1) is 11.3 Å². The van der Waals surface area contributed by atoms with Gasteiger partial charge in [0.15, 0.2) is 9.90 Å². The number of rotatable bonds is 6. The molecule has 30 heavy (non-hydrogen) atoms. The highest BCUT2D eigenvalue weighted by Gasteiger charge is 2.17. The molecule has 0 bridgehead atoms. The highest BCUT2D eigenvalue weighted by atomic mass is 32.1. The van der Waals surface area contributed by atoms with Crippen molar-refractivity contribution in [2.45, 2.75) is 0 Å². The van der Waals surface area contributed by atoms with Crippen molar-refractivity contribution in [2.24, 2.45) is 0 Å². The van der Waals surface area contributed by atoms with Gasteiger partial charge in [0.1, 0.15) is 17.2 Å². The smallest absolute Gasteiger partial charge is 0.276 e. The maximum atomic E-state index is 12.9. The number of para-hydroxylation sites is 1. The molecule has 0 spiro atoms. The van der Waals surface area contributed by atoms with Crippen LogP contribution in [0, 0.1) is 4.77 Å². The van der Waals surface area contributed by atoms with Gasteiger partial charge in [-0.3, -0.25) is 14.7 Å². The van der Waals surface area contributed by atoms with Crippen LogP contribution in [0.2, 0.25) is 0 Å². The van der Waals surface area contributed by atoms with Crippen LogP contribution < -0.4 is 14.8 Å². The van der Waals surface area contributed by atoms with Crippen molar-refractivity contribution in [2.75, 3.05) is 19.5 Å². The fourth-order valence-corrected chi connectivity index (χ4v) is 3.97. The molecule has 0 radical (unpaired) electrons. The summed E-state index contributed by atoms with van der Waals surface area (Å²) in [6.07, 6.45) is 1.59. The van der Waals surface area contributed by atoms with Crippen LogP contribution in [0.3, 0.4) is 0 Å². The molecule has 4 aromatic rings. The van der Waals surface area contributed by atoms with Gasteiger partial charge in [-0.25, -0.2) is 4.98 Å². The number of hydrogen-bond acceptors (Lipinski definition) is 6. The zero-order valence-electron chi connectivity index (χ0n) is 16.2. The second kappa shape index (κ2) is 8.52. The lowest BCUT2D eigenvalue weighted by Crippen LogP contribution is -2.16. The van der Waals surface area contributed by atoms with Crippen LogP contribution in [0.25, 0.3) is 16.9 Å². The van der Waals surface area contributed by atoms with Crippen LogP contribution in [0.4, 0.5) is 5.13 Å². The molecule has 0 aliphatic rings. The monoisotopic (exact) mass is 438 g/mol. The third-order valence-corrected chi connectivity index (χ3v) is 5.49. The van der Waals surface area contributed by atoms with Gasteiger partial charge in [-0.05, 0) is 42.5 Å². The highest BCUT2D eigenvalue weighted by molar-refractivity contribution is 7.71. The number of imidazole rings is 1. The summed E-state index contributed by atoms with van der Waals surface area (Å²) in [6.45, 7) is 0. The van der Waals surface area contributed by atoms with E-state index in [1.165, 1.54) is 11.3 Å². The number of aromatic amines is 1. The predicted molar refractivity (Wildman–Crippen MR) is 120 cm³/mol. The van der Waals surface area contributed by atoms with Crippen molar-refractivity contribution in [3.8, 4) is 28.4 Å². The second-order valence-electron chi connectivity index (χ2n) is 6.21. The predicted octanol–water partition coefficient (Wildman–Crippen LogP) is 4.93. The number of methoxy groups -OCH3 is 2. The average Bonchev–Trinajstić information content (AvgIpc) is 3.40. The van der Waals surface area contributed by atoms with E-state index < -0.39 is 0 Å². The molecular formula is C21H18N4O3S2. The Labute approximate surface area is 181 Å². The summed E-state index contributed by atoms with van der Waals surface area (Å²) >= 11 is 6.67. The Morgan fingerprint density at radius 1 is 1.17 bits per heavy atom. The lowest BCUT2D eigenvalue weighted by molar-refractivity contribution is 0.102. The van der Waals surface area contributed by atoms with Crippen LogP contribution >= 0.6 is 23.6 Å². The first-order valence-corrected chi connectivity index (χ1v) is 10.2. The van der Waals surface area contributed by atoms with Crippen LogP contribution in [-0.4, -0.2) is 34.7 Å². The largest absolute Gasteiger partial charge is 0.497 e. The van der Waals surface area contributed by atoms with Gasteiger partial charge in [0.05, 0.1) is 19.9 Å². The number of carbonyl (C=O) groups excluding carboxylic acids is 1. The number of aromatic nitrogens is 3. The van der Waals surface area contributed by atoms with Gasteiger partial charge < -0.3 is 14.5 Å². The minimum Gasteiger partial charge on any atom is -0.497 e. The van der Waals surface area contributed by atoms with Crippen molar-refractivity contribution in [1.82, 2.24) is 14.5 Å². The molecule has 152 valence electrons. The van der Waals surface area contributed by atoms with Crippen molar-refractivity contribution >= 4 is 34.6 Å². The molecule has 0 saturated heterocycles. The standard InChI is InChI=1S/C21H18N4O3S2/c1-27-14-8-9-18(28-2)15(10-14)16-12-30-20(23-16)24-19(26)17-11-22-21(29)25(17)13-6-4-3-5-7-13/h3-12H,1-2H3,(H,22,29)(H,23,24,26). The van der Waals surface area contributed by atoms with Crippen molar-refractivity contribution in [3.63, 3.8) is 0 Å². The third-order valence-electron chi connectivity index (χ3n) is 4.43. The lowest BCUT2D eigenvalue weighted by Gasteiger charge is -2.09. The molecule has 0 unspecified atom stereocenters. The topological polar surface area (TPSA) is 81.2 Å². The van der Waals surface area contributed by atoms with E-state index >= 15 is 0 Å². The van der Waals surface area contributed by atoms with Crippen LogP contribution in [0.15, 0.2) is 60.1 Å². The Hall–Kier alpha value is -3.43. The molecule has 0 fully saturated rings. The van der Waals surface area contributed by atoms with E-state index in [0.29, 0.717) is 32.8 Å². The molecule has 0 aliphatic heterocycles. The first-order valence-electron chi connectivity index (χ1n) is 8.96. The maximum absolute atomic E-state index is 12.9. The number of benzene rings is 2. The molecule has 0 aliphatic carbocycles. The number of carbonyl (C=O) groups is 1. The van der Waals surface area contributed by atoms with Crippen molar-refractivity contribution < 1.29 is 14.3 Å². The fourth-order valence-electron chi connectivity index (χ4n) is 3.00. The summed E-state index contributed by atoms with van der Waals surface area (Å²) in [5, 5.41) is 5.17. The quantitative estimate of drug-likeness (QED) is 0.417. The summed E-state index contributed by atoms with van der Waals surface area (Å²) < 4.78 is 12.8. The molecule has 9 heteroatoms. The molecular weight excluding hydrogens is 420 g/mol. The first kappa shape index (κ1) is 19.9. The number of hydrogen-bond donors (Lipinski definition) is 2. The molecule has 4 rings (SSSR count). The third kappa shape index (κ3) is 3.85. The van der Waals surface area contributed by atoms with Gasteiger partial charge in [0.2, 0.25) is 0 Å². The summed E-state index contributed by atoms with van der Waals surface area (Å²) in [5.74, 6) is 1.05. The average molecular weight is 439 g/mol. The maximum Gasteiger partial charge on any atom is 0.276 e. The molecule has 0 saturated carbocycles. The summed E-state index contributed by atoms with van der Waals surface area (Å²) in [5.41, 5.74) is 2.65. The van der Waals surface area contributed by atoms with Crippen LogP contribution in [0.1, 0.15) is 10.5 Å². The highest BCUT2D eigenvalue weighted by Crippen LogP contribution is 2.35. The lowest BCUT2D eigenvalue weighted by atomic mass is 10.1. The van der Waals surface area contributed by atoms with Crippen LogP contribution in [-0.2, 0) is 0 Å².